The van der Waals surface area contributed by atoms with Gasteiger partial charge < -0.3 is 5.11 Å². The molecule has 3 rings (SSSR count). The largest absolute Gasteiger partial charge is 0.389 e. The first-order chi connectivity index (χ1) is 9.59. The fourth-order valence-corrected chi connectivity index (χ4v) is 3.29. The van der Waals surface area contributed by atoms with E-state index < -0.39 is 5.60 Å². The second-order valence-electron chi connectivity index (χ2n) is 5.94. The van der Waals surface area contributed by atoms with Crippen LogP contribution in [-0.2, 0) is 25.8 Å². The van der Waals surface area contributed by atoms with E-state index in [0.29, 0.717) is 6.42 Å². The van der Waals surface area contributed by atoms with Gasteiger partial charge in [-0.3, -0.25) is 4.68 Å². The number of hydrogen-bond acceptors (Lipinski definition) is 2. The lowest BCUT2D eigenvalue weighted by Gasteiger charge is -2.33. The number of rotatable bonds is 3. The summed E-state index contributed by atoms with van der Waals surface area (Å²) in [4.78, 5) is 0. The van der Waals surface area contributed by atoms with Crippen LogP contribution in [0.1, 0.15) is 35.9 Å². The average Bonchev–Trinajstić information content (AvgIpc) is 2.78. The third kappa shape index (κ3) is 2.50. The van der Waals surface area contributed by atoms with Gasteiger partial charge in [-0.05, 0) is 43.9 Å². The smallest absolute Gasteiger partial charge is 0.0746 e. The van der Waals surface area contributed by atoms with E-state index in [9.17, 15) is 5.11 Å². The van der Waals surface area contributed by atoms with E-state index in [1.54, 1.807) is 0 Å². The van der Waals surface area contributed by atoms with Gasteiger partial charge in [0.25, 0.3) is 0 Å². The monoisotopic (exact) mass is 270 g/mol. The highest BCUT2D eigenvalue weighted by Gasteiger charge is 2.33. The Balaban J connectivity index is 1.84. The minimum atomic E-state index is -0.631. The molecular formula is C17H22N2O. The Bertz CT molecular complexity index is 617. The molecule has 3 heteroatoms. The molecule has 1 aliphatic rings. The first-order valence-corrected chi connectivity index (χ1v) is 7.42. The highest BCUT2D eigenvalue weighted by Crippen LogP contribution is 2.31. The van der Waals surface area contributed by atoms with Crippen molar-refractivity contribution in [3.05, 3.63) is 52.8 Å². The van der Waals surface area contributed by atoms with Crippen LogP contribution in [-0.4, -0.2) is 20.5 Å². The van der Waals surface area contributed by atoms with E-state index in [-0.39, 0.29) is 0 Å². The summed E-state index contributed by atoms with van der Waals surface area (Å²) in [5, 5.41) is 15.4. The second-order valence-corrected chi connectivity index (χ2v) is 5.94. The summed E-state index contributed by atoms with van der Waals surface area (Å²) in [6.07, 6.45) is 3.23. The van der Waals surface area contributed by atoms with Crippen molar-refractivity contribution in [1.29, 1.82) is 0 Å². The summed E-state index contributed by atoms with van der Waals surface area (Å²) in [5.74, 6) is 0. The average molecular weight is 270 g/mol. The van der Waals surface area contributed by atoms with Gasteiger partial charge in [-0.2, -0.15) is 5.10 Å². The van der Waals surface area contributed by atoms with Gasteiger partial charge in [0.05, 0.1) is 11.3 Å². The molecule has 1 atom stereocenters. The Morgan fingerprint density at radius 2 is 2.05 bits per heavy atom. The van der Waals surface area contributed by atoms with E-state index in [1.165, 1.54) is 11.1 Å². The highest BCUT2D eigenvalue weighted by molar-refractivity contribution is 5.32. The summed E-state index contributed by atoms with van der Waals surface area (Å²) in [6.45, 7) is 4.96. The van der Waals surface area contributed by atoms with Crippen molar-refractivity contribution in [2.45, 2.75) is 51.7 Å². The molecule has 1 N–H and O–H groups in total. The van der Waals surface area contributed by atoms with Gasteiger partial charge in [0.1, 0.15) is 0 Å². The number of hydrogen-bond donors (Lipinski definition) is 1. The topological polar surface area (TPSA) is 38.0 Å². The number of aromatic nitrogens is 2. The lowest BCUT2D eigenvalue weighted by atomic mass is 9.78. The molecule has 0 saturated carbocycles. The Hall–Kier alpha value is -1.61. The van der Waals surface area contributed by atoms with Gasteiger partial charge in [-0.15, -0.1) is 0 Å². The van der Waals surface area contributed by atoms with E-state index >= 15 is 0 Å². The Labute approximate surface area is 120 Å². The SMILES string of the molecule is CCn1nc(C)cc1CC1(O)CCc2ccccc2C1. The standard InChI is InChI=1S/C17H22N2O/c1-3-19-16(10-13(2)18-19)12-17(20)9-8-14-6-4-5-7-15(14)11-17/h4-7,10,20H,3,8-9,11-12H2,1-2H3. The zero-order chi connectivity index (χ0) is 14.2. The third-order valence-corrected chi connectivity index (χ3v) is 4.29. The van der Waals surface area contributed by atoms with Crippen LogP contribution in [0.25, 0.3) is 0 Å². The molecule has 20 heavy (non-hydrogen) atoms. The van der Waals surface area contributed by atoms with Gasteiger partial charge in [0.15, 0.2) is 0 Å². The summed E-state index contributed by atoms with van der Waals surface area (Å²) >= 11 is 0. The Kier molecular flexibility index (Phi) is 3.38. The number of benzene rings is 1. The summed E-state index contributed by atoms with van der Waals surface area (Å²) in [5.41, 5.74) is 4.22. The molecule has 0 bridgehead atoms. The molecule has 0 radical (unpaired) electrons. The van der Waals surface area contributed by atoms with Crippen molar-refractivity contribution in [3.63, 3.8) is 0 Å². The second kappa shape index (κ2) is 5.06. The minimum Gasteiger partial charge on any atom is -0.389 e. The molecule has 1 aromatic heterocycles. The highest BCUT2D eigenvalue weighted by atomic mass is 16.3. The Morgan fingerprint density at radius 1 is 1.30 bits per heavy atom. The number of fused-ring (bicyclic) bond motifs is 1. The zero-order valence-electron chi connectivity index (χ0n) is 12.3. The van der Waals surface area contributed by atoms with E-state index in [4.69, 9.17) is 0 Å². The molecule has 1 aliphatic carbocycles. The maximum Gasteiger partial charge on any atom is 0.0746 e. The van der Waals surface area contributed by atoms with E-state index in [0.717, 1.165) is 37.2 Å². The van der Waals surface area contributed by atoms with Gasteiger partial charge >= 0.3 is 0 Å². The van der Waals surface area contributed by atoms with Crippen molar-refractivity contribution in [2.75, 3.05) is 0 Å². The van der Waals surface area contributed by atoms with Gasteiger partial charge in [0.2, 0.25) is 0 Å². The molecule has 0 spiro atoms. The van der Waals surface area contributed by atoms with Crippen LogP contribution in [0, 0.1) is 6.92 Å². The lowest BCUT2D eigenvalue weighted by molar-refractivity contribution is 0.0248. The predicted octanol–water partition coefficient (Wildman–Crippen LogP) is 2.67. The van der Waals surface area contributed by atoms with Crippen LogP contribution in [0.15, 0.2) is 30.3 Å². The molecular weight excluding hydrogens is 248 g/mol. The molecule has 3 nitrogen and oxygen atoms in total. The summed E-state index contributed by atoms with van der Waals surface area (Å²) in [6, 6.07) is 10.6. The summed E-state index contributed by atoms with van der Waals surface area (Å²) in [7, 11) is 0. The van der Waals surface area contributed by atoms with Crippen LogP contribution >= 0.6 is 0 Å². The molecule has 0 amide bonds. The van der Waals surface area contributed by atoms with Crippen LogP contribution in [0.2, 0.25) is 0 Å². The number of aliphatic hydroxyl groups is 1. The fraction of sp³-hybridized carbons (Fsp3) is 0.471. The molecule has 0 aliphatic heterocycles. The number of nitrogens with zero attached hydrogens (tertiary/aromatic N) is 2. The van der Waals surface area contributed by atoms with Crippen molar-refractivity contribution in [1.82, 2.24) is 9.78 Å². The quantitative estimate of drug-likeness (QED) is 0.931. The van der Waals surface area contributed by atoms with Gasteiger partial charge in [-0.25, -0.2) is 0 Å². The first-order valence-electron chi connectivity index (χ1n) is 7.42. The van der Waals surface area contributed by atoms with E-state index in [2.05, 4.69) is 42.4 Å². The normalized spacial score (nSPS) is 21.8. The molecule has 1 unspecified atom stereocenters. The molecule has 1 heterocycles. The molecule has 1 aromatic carbocycles. The fourth-order valence-electron chi connectivity index (χ4n) is 3.29. The van der Waals surface area contributed by atoms with E-state index in [1.807, 2.05) is 11.6 Å². The van der Waals surface area contributed by atoms with Crippen LogP contribution < -0.4 is 0 Å². The first kappa shape index (κ1) is 13.4. The van der Waals surface area contributed by atoms with Crippen LogP contribution in [0.5, 0.6) is 0 Å². The molecule has 0 saturated heterocycles. The third-order valence-electron chi connectivity index (χ3n) is 4.29. The van der Waals surface area contributed by atoms with Crippen molar-refractivity contribution >= 4 is 0 Å². The van der Waals surface area contributed by atoms with Gasteiger partial charge in [0, 0.05) is 25.1 Å². The van der Waals surface area contributed by atoms with Crippen molar-refractivity contribution in [2.24, 2.45) is 0 Å². The maximum absolute atomic E-state index is 11.0. The number of aryl methyl sites for hydroxylation is 3. The lowest BCUT2D eigenvalue weighted by Crippen LogP contribution is -2.38. The molecule has 0 fully saturated rings. The van der Waals surface area contributed by atoms with Crippen molar-refractivity contribution in [3.8, 4) is 0 Å². The zero-order valence-corrected chi connectivity index (χ0v) is 12.3. The molecule has 106 valence electrons. The molecule has 2 aromatic rings. The summed E-state index contributed by atoms with van der Waals surface area (Å²) < 4.78 is 2.01. The van der Waals surface area contributed by atoms with Crippen LogP contribution in [0.4, 0.5) is 0 Å². The Morgan fingerprint density at radius 3 is 2.80 bits per heavy atom. The minimum absolute atomic E-state index is 0.631. The predicted molar refractivity (Wildman–Crippen MR) is 79.8 cm³/mol. The van der Waals surface area contributed by atoms with Gasteiger partial charge in [-0.1, -0.05) is 24.3 Å². The maximum atomic E-state index is 11.0. The van der Waals surface area contributed by atoms with Crippen LogP contribution in [0.3, 0.4) is 0 Å². The van der Waals surface area contributed by atoms with Crippen molar-refractivity contribution < 1.29 is 5.11 Å².